The highest BCUT2D eigenvalue weighted by molar-refractivity contribution is 6.09. The van der Waals surface area contributed by atoms with Crippen molar-refractivity contribution in [2.45, 2.75) is 26.8 Å². The molecule has 2 aromatic heterocycles. The molecule has 1 aliphatic heterocycles. The Morgan fingerprint density at radius 1 is 0.885 bits per heavy atom. The van der Waals surface area contributed by atoms with Crippen molar-refractivity contribution in [1.29, 1.82) is 0 Å². The molecule has 4 heteroatoms. The van der Waals surface area contributed by atoms with Crippen LogP contribution in [-0.4, -0.2) is 17.7 Å². The summed E-state index contributed by atoms with van der Waals surface area (Å²) in [5.41, 5.74) is 6.16. The third-order valence-corrected chi connectivity index (χ3v) is 5.17. The number of fused-ring (bicyclic) bond motifs is 4. The minimum absolute atomic E-state index is 0.431. The van der Waals surface area contributed by atoms with E-state index in [2.05, 4.69) is 77.2 Å². The van der Waals surface area contributed by atoms with Gasteiger partial charge in [-0.25, -0.2) is 4.98 Å². The summed E-state index contributed by atoms with van der Waals surface area (Å²) in [5.74, 6) is 0. The van der Waals surface area contributed by atoms with Crippen LogP contribution in [0.5, 0.6) is 0 Å². The van der Waals surface area contributed by atoms with E-state index in [-0.39, 0.29) is 0 Å². The van der Waals surface area contributed by atoms with Gasteiger partial charge in [0.2, 0.25) is 5.71 Å². The van der Waals surface area contributed by atoms with Crippen LogP contribution in [0.2, 0.25) is 0 Å². The molecule has 0 N–H and O–H groups in total. The number of benzene rings is 2. The number of hydrogen-bond donors (Lipinski definition) is 0. The van der Waals surface area contributed by atoms with Gasteiger partial charge >= 0.3 is 0 Å². The molecule has 0 atom stereocenters. The van der Waals surface area contributed by atoms with E-state index in [1.807, 2.05) is 13.0 Å². The molecule has 4 nitrogen and oxygen atoms in total. The minimum Gasteiger partial charge on any atom is -0.435 e. The largest absolute Gasteiger partial charge is 0.435 e. The molecule has 0 aliphatic carbocycles. The molecule has 3 heterocycles. The highest BCUT2D eigenvalue weighted by atomic mass is 16.3. The molecule has 26 heavy (non-hydrogen) atoms. The van der Waals surface area contributed by atoms with Crippen LogP contribution in [0.4, 0.5) is 17.1 Å². The first-order chi connectivity index (χ1) is 12.6. The first-order valence-corrected chi connectivity index (χ1v) is 9.05. The van der Waals surface area contributed by atoms with Crippen LogP contribution in [0.25, 0.3) is 22.1 Å². The number of pyridine rings is 1. The number of furan rings is 1. The first-order valence-electron chi connectivity index (χ1n) is 9.05. The molecular weight excluding hydrogens is 322 g/mol. The smallest absolute Gasteiger partial charge is 0.227 e. The van der Waals surface area contributed by atoms with Crippen LogP contribution in [0.1, 0.15) is 19.5 Å². The van der Waals surface area contributed by atoms with E-state index < -0.39 is 0 Å². The van der Waals surface area contributed by atoms with E-state index in [1.54, 1.807) is 0 Å². The quantitative estimate of drug-likeness (QED) is 0.473. The van der Waals surface area contributed by atoms with Gasteiger partial charge in [-0.05, 0) is 51.1 Å². The number of aromatic nitrogens is 1. The second-order valence-electron chi connectivity index (χ2n) is 7.18. The average molecular weight is 343 g/mol. The summed E-state index contributed by atoms with van der Waals surface area (Å²) in [7, 11) is 0. The molecule has 0 saturated heterocycles. The molecule has 0 bridgehead atoms. The van der Waals surface area contributed by atoms with Crippen molar-refractivity contribution in [2.75, 3.05) is 16.5 Å². The van der Waals surface area contributed by atoms with Crippen molar-refractivity contribution in [3.8, 4) is 0 Å². The summed E-state index contributed by atoms with van der Waals surface area (Å²) in [4.78, 5) is 9.33. The molecule has 0 unspecified atom stereocenters. The molecule has 130 valence electrons. The average Bonchev–Trinajstić information content (AvgIpc) is 3.19. The summed E-state index contributed by atoms with van der Waals surface area (Å²) >= 11 is 0. The van der Waals surface area contributed by atoms with Crippen LogP contribution in [-0.2, 0) is 0 Å². The van der Waals surface area contributed by atoms with Crippen molar-refractivity contribution in [3.63, 3.8) is 0 Å². The Bertz CT molecular complexity index is 1130. The Labute approximate surface area is 152 Å². The molecule has 0 radical (unpaired) electrons. The van der Waals surface area contributed by atoms with Crippen LogP contribution >= 0.6 is 0 Å². The molecule has 0 saturated carbocycles. The maximum absolute atomic E-state index is 6.22. The number of nitrogens with zero attached hydrogens (tertiary/aromatic N) is 3. The molecule has 2 aromatic carbocycles. The van der Waals surface area contributed by atoms with Crippen LogP contribution in [0.15, 0.2) is 59.0 Å². The van der Waals surface area contributed by atoms with Gasteiger partial charge in [0.05, 0.1) is 23.7 Å². The Kier molecular flexibility index (Phi) is 3.23. The Morgan fingerprint density at radius 3 is 2.46 bits per heavy atom. The van der Waals surface area contributed by atoms with Gasteiger partial charge in [-0.3, -0.25) is 0 Å². The van der Waals surface area contributed by atoms with Gasteiger partial charge in [0, 0.05) is 22.5 Å². The fraction of sp³-hybridized carbons (Fsp3) is 0.227. The third kappa shape index (κ3) is 2.11. The van der Waals surface area contributed by atoms with Crippen molar-refractivity contribution in [1.82, 2.24) is 4.98 Å². The molecule has 5 rings (SSSR count). The van der Waals surface area contributed by atoms with Gasteiger partial charge in [-0.1, -0.05) is 24.3 Å². The maximum Gasteiger partial charge on any atom is 0.227 e. The summed E-state index contributed by atoms with van der Waals surface area (Å²) in [6.45, 7) is 7.27. The second-order valence-corrected chi connectivity index (χ2v) is 7.18. The van der Waals surface area contributed by atoms with Gasteiger partial charge < -0.3 is 14.2 Å². The van der Waals surface area contributed by atoms with Crippen molar-refractivity contribution >= 4 is 39.1 Å². The Hall–Kier alpha value is -3.01. The summed E-state index contributed by atoms with van der Waals surface area (Å²) in [6, 6.07) is 19.5. The minimum atomic E-state index is 0.431. The van der Waals surface area contributed by atoms with Gasteiger partial charge in [-0.2, -0.15) is 0 Å². The Morgan fingerprint density at radius 2 is 1.65 bits per heavy atom. The van der Waals surface area contributed by atoms with Crippen molar-refractivity contribution in [2.24, 2.45) is 0 Å². The van der Waals surface area contributed by atoms with Gasteiger partial charge in [0.1, 0.15) is 0 Å². The van der Waals surface area contributed by atoms with E-state index in [9.17, 15) is 0 Å². The lowest BCUT2D eigenvalue weighted by molar-refractivity contribution is 0.650. The van der Waals surface area contributed by atoms with E-state index in [0.717, 1.165) is 34.4 Å². The number of rotatable bonds is 2. The topological polar surface area (TPSA) is 32.5 Å². The number of para-hydroxylation sites is 3. The predicted molar refractivity (Wildman–Crippen MR) is 107 cm³/mol. The van der Waals surface area contributed by atoms with Gasteiger partial charge in [-0.15, -0.1) is 0 Å². The second kappa shape index (κ2) is 5.49. The number of aryl methyl sites for hydroxylation is 1. The highest BCUT2D eigenvalue weighted by Crippen LogP contribution is 2.44. The zero-order chi connectivity index (χ0) is 17.8. The van der Waals surface area contributed by atoms with Gasteiger partial charge in [0.15, 0.2) is 5.58 Å². The zero-order valence-corrected chi connectivity index (χ0v) is 15.2. The monoisotopic (exact) mass is 343 g/mol. The summed E-state index contributed by atoms with van der Waals surface area (Å²) in [5, 5.41) is 2.19. The van der Waals surface area contributed by atoms with Crippen LogP contribution < -0.4 is 9.80 Å². The van der Waals surface area contributed by atoms with Crippen LogP contribution in [0.3, 0.4) is 0 Å². The first kappa shape index (κ1) is 15.3. The number of anilines is 3. The van der Waals surface area contributed by atoms with E-state index in [4.69, 9.17) is 4.42 Å². The van der Waals surface area contributed by atoms with Crippen molar-refractivity contribution < 1.29 is 4.42 Å². The van der Waals surface area contributed by atoms with E-state index >= 15 is 0 Å². The fourth-order valence-corrected chi connectivity index (χ4v) is 3.86. The predicted octanol–water partition coefficient (Wildman–Crippen LogP) is 5.61. The lowest BCUT2D eigenvalue weighted by Gasteiger charge is -2.25. The molecule has 0 spiro atoms. The number of hydrogen-bond acceptors (Lipinski definition) is 4. The van der Waals surface area contributed by atoms with Gasteiger partial charge in [0.25, 0.3) is 0 Å². The zero-order valence-electron chi connectivity index (χ0n) is 15.2. The highest BCUT2D eigenvalue weighted by Gasteiger charge is 2.30. The normalized spacial score (nSPS) is 14.0. The standard InChI is InChI=1S/C22H21N3O/c1-14(2)24-13-25(19-9-5-4-8-18(19)24)20-10-6-7-16-17-12-11-15(3)23-22(17)26-21(16)20/h4-12,14H,13H2,1-3H3. The van der Waals surface area contributed by atoms with E-state index in [0.29, 0.717) is 11.8 Å². The molecular formula is C22H21N3O. The summed E-state index contributed by atoms with van der Waals surface area (Å²) in [6.07, 6.45) is 0. The molecule has 0 amide bonds. The molecule has 0 fully saturated rings. The SMILES string of the molecule is Cc1ccc2c(n1)oc1c(N3CN(C(C)C)c4ccccc43)cccc12. The maximum atomic E-state index is 6.22. The Balaban J connectivity index is 1.74. The summed E-state index contributed by atoms with van der Waals surface area (Å²) < 4.78 is 6.22. The lowest BCUT2D eigenvalue weighted by Crippen LogP contribution is -2.33. The van der Waals surface area contributed by atoms with Crippen LogP contribution in [0, 0.1) is 6.92 Å². The fourth-order valence-electron chi connectivity index (χ4n) is 3.86. The third-order valence-electron chi connectivity index (χ3n) is 5.17. The van der Waals surface area contributed by atoms with E-state index in [1.165, 1.54) is 11.4 Å². The molecule has 1 aliphatic rings. The molecule has 4 aromatic rings. The van der Waals surface area contributed by atoms with Crippen molar-refractivity contribution in [3.05, 3.63) is 60.3 Å². The lowest BCUT2D eigenvalue weighted by atomic mass is 10.1.